The van der Waals surface area contributed by atoms with Gasteiger partial charge in [0.05, 0.1) is 11.4 Å². The third-order valence-electron chi connectivity index (χ3n) is 3.51. The molecule has 0 spiro atoms. The summed E-state index contributed by atoms with van der Waals surface area (Å²) in [5, 5.41) is 0. The van der Waals surface area contributed by atoms with Gasteiger partial charge >= 0.3 is 0 Å². The monoisotopic (exact) mass is 243 g/mol. The van der Waals surface area contributed by atoms with E-state index in [4.69, 9.17) is 5.73 Å². The van der Waals surface area contributed by atoms with Crippen LogP contribution in [-0.4, -0.2) is 9.55 Å². The summed E-state index contributed by atoms with van der Waals surface area (Å²) in [7, 11) is 2.04. The molecule has 18 heavy (non-hydrogen) atoms. The zero-order valence-electron chi connectivity index (χ0n) is 11.8. The SMILES string of the molecule is Cc1cc(C)c(-c2nc(C)c(CN)n2C)c(C)c1. The highest BCUT2D eigenvalue weighted by molar-refractivity contribution is 5.66. The van der Waals surface area contributed by atoms with E-state index in [1.54, 1.807) is 0 Å². The van der Waals surface area contributed by atoms with Gasteiger partial charge in [0.2, 0.25) is 0 Å². The normalized spacial score (nSPS) is 11.0. The Morgan fingerprint density at radius 1 is 1.11 bits per heavy atom. The number of aromatic nitrogens is 2. The fraction of sp³-hybridized carbons (Fsp3) is 0.400. The van der Waals surface area contributed by atoms with Gasteiger partial charge in [-0.15, -0.1) is 0 Å². The summed E-state index contributed by atoms with van der Waals surface area (Å²) in [6, 6.07) is 4.41. The quantitative estimate of drug-likeness (QED) is 0.881. The van der Waals surface area contributed by atoms with Crippen LogP contribution in [0.15, 0.2) is 12.1 Å². The lowest BCUT2D eigenvalue weighted by Crippen LogP contribution is -2.06. The van der Waals surface area contributed by atoms with Crippen molar-refractivity contribution in [2.75, 3.05) is 0 Å². The third kappa shape index (κ3) is 1.95. The van der Waals surface area contributed by atoms with Crippen LogP contribution < -0.4 is 5.73 Å². The fourth-order valence-electron chi connectivity index (χ4n) is 2.71. The average molecular weight is 243 g/mol. The molecule has 2 rings (SSSR count). The standard InChI is InChI=1S/C15H21N3/c1-9-6-10(2)14(11(3)7-9)15-17-12(4)13(8-16)18(15)5/h6-7H,8,16H2,1-5H3. The number of aryl methyl sites for hydroxylation is 4. The van der Waals surface area contributed by atoms with E-state index < -0.39 is 0 Å². The second kappa shape index (κ2) is 4.58. The summed E-state index contributed by atoms with van der Waals surface area (Å²) in [6.07, 6.45) is 0. The Labute approximate surface area is 109 Å². The summed E-state index contributed by atoms with van der Waals surface area (Å²) < 4.78 is 2.11. The van der Waals surface area contributed by atoms with Crippen molar-refractivity contribution < 1.29 is 0 Å². The van der Waals surface area contributed by atoms with E-state index in [0.29, 0.717) is 6.54 Å². The molecule has 2 aromatic rings. The first-order chi connectivity index (χ1) is 8.45. The van der Waals surface area contributed by atoms with Crippen molar-refractivity contribution in [3.05, 3.63) is 40.2 Å². The molecule has 1 aromatic carbocycles. The molecule has 0 aliphatic heterocycles. The number of nitrogens with zero attached hydrogens (tertiary/aromatic N) is 2. The Kier molecular flexibility index (Phi) is 3.26. The van der Waals surface area contributed by atoms with Crippen molar-refractivity contribution in [1.29, 1.82) is 0 Å². The van der Waals surface area contributed by atoms with E-state index in [0.717, 1.165) is 17.2 Å². The van der Waals surface area contributed by atoms with Gasteiger partial charge in [-0.2, -0.15) is 0 Å². The minimum absolute atomic E-state index is 0.527. The highest BCUT2D eigenvalue weighted by Gasteiger charge is 2.15. The molecule has 3 nitrogen and oxygen atoms in total. The van der Waals surface area contributed by atoms with Crippen molar-refractivity contribution >= 4 is 0 Å². The lowest BCUT2D eigenvalue weighted by atomic mass is 9.99. The second-order valence-corrected chi connectivity index (χ2v) is 5.00. The second-order valence-electron chi connectivity index (χ2n) is 5.00. The van der Waals surface area contributed by atoms with E-state index >= 15 is 0 Å². The molecule has 0 saturated heterocycles. The fourth-order valence-corrected chi connectivity index (χ4v) is 2.71. The lowest BCUT2D eigenvalue weighted by Gasteiger charge is -2.12. The van der Waals surface area contributed by atoms with E-state index in [2.05, 4.69) is 42.5 Å². The van der Waals surface area contributed by atoms with Crippen LogP contribution in [-0.2, 0) is 13.6 Å². The maximum Gasteiger partial charge on any atom is 0.140 e. The smallest absolute Gasteiger partial charge is 0.140 e. The summed E-state index contributed by atoms with van der Waals surface area (Å²) >= 11 is 0. The first-order valence-electron chi connectivity index (χ1n) is 6.26. The van der Waals surface area contributed by atoms with Gasteiger partial charge in [-0.1, -0.05) is 17.7 Å². The van der Waals surface area contributed by atoms with Crippen LogP contribution in [0.4, 0.5) is 0 Å². The van der Waals surface area contributed by atoms with Crippen LogP contribution in [0.5, 0.6) is 0 Å². The van der Waals surface area contributed by atoms with Crippen molar-refractivity contribution in [2.45, 2.75) is 34.2 Å². The van der Waals surface area contributed by atoms with Gasteiger partial charge in [0.1, 0.15) is 5.82 Å². The number of hydrogen-bond donors (Lipinski definition) is 1. The molecule has 0 radical (unpaired) electrons. The molecule has 96 valence electrons. The maximum atomic E-state index is 5.78. The third-order valence-corrected chi connectivity index (χ3v) is 3.51. The highest BCUT2D eigenvalue weighted by Crippen LogP contribution is 2.28. The predicted molar refractivity (Wildman–Crippen MR) is 75.5 cm³/mol. The summed E-state index contributed by atoms with van der Waals surface area (Å²) in [6.45, 7) is 8.95. The van der Waals surface area contributed by atoms with Crippen molar-refractivity contribution in [2.24, 2.45) is 12.8 Å². The van der Waals surface area contributed by atoms with Crippen LogP contribution in [0.3, 0.4) is 0 Å². The van der Waals surface area contributed by atoms with E-state index in [1.807, 2.05) is 14.0 Å². The van der Waals surface area contributed by atoms with E-state index in [-0.39, 0.29) is 0 Å². The average Bonchev–Trinajstić information content (AvgIpc) is 2.53. The van der Waals surface area contributed by atoms with Gasteiger partial charge in [0.15, 0.2) is 0 Å². The minimum atomic E-state index is 0.527. The zero-order chi connectivity index (χ0) is 13.4. The molecular formula is C15H21N3. The maximum absolute atomic E-state index is 5.78. The molecule has 0 unspecified atom stereocenters. The molecule has 0 aliphatic rings. The molecule has 0 bridgehead atoms. The number of nitrogens with two attached hydrogens (primary N) is 1. The predicted octanol–water partition coefficient (Wildman–Crippen LogP) is 2.78. The van der Waals surface area contributed by atoms with Crippen LogP contribution in [0.2, 0.25) is 0 Å². The summed E-state index contributed by atoms with van der Waals surface area (Å²) in [4.78, 5) is 4.69. The van der Waals surface area contributed by atoms with E-state index in [9.17, 15) is 0 Å². The topological polar surface area (TPSA) is 43.8 Å². The molecule has 0 amide bonds. The van der Waals surface area contributed by atoms with Crippen molar-refractivity contribution in [3.8, 4) is 11.4 Å². The Bertz CT molecular complexity index is 571. The lowest BCUT2D eigenvalue weighted by molar-refractivity contribution is 0.822. The molecule has 1 heterocycles. The first kappa shape index (κ1) is 12.8. The molecular weight excluding hydrogens is 222 g/mol. The van der Waals surface area contributed by atoms with Crippen LogP contribution in [0.1, 0.15) is 28.1 Å². The Morgan fingerprint density at radius 3 is 2.11 bits per heavy atom. The van der Waals surface area contributed by atoms with Gasteiger partial charge in [0, 0.05) is 19.2 Å². The van der Waals surface area contributed by atoms with Gasteiger partial charge in [-0.3, -0.25) is 0 Å². The van der Waals surface area contributed by atoms with Gasteiger partial charge in [-0.05, 0) is 38.8 Å². The Hall–Kier alpha value is -1.61. The molecule has 3 heteroatoms. The molecule has 0 atom stereocenters. The Balaban J connectivity index is 2.70. The molecule has 2 N–H and O–H groups in total. The van der Waals surface area contributed by atoms with Crippen LogP contribution in [0, 0.1) is 27.7 Å². The van der Waals surface area contributed by atoms with E-state index in [1.165, 1.54) is 22.3 Å². The summed E-state index contributed by atoms with van der Waals surface area (Å²) in [5.41, 5.74) is 13.0. The zero-order valence-corrected chi connectivity index (χ0v) is 11.8. The molecule has 0 aliphatic carbocycles. The first-order valence-corrected chi connectivity index (χ1v) is 6.26. The van der Waals surface area contributed by atoms with Crippen molar-refractivity contribution in [3.63, 3.8) is 0 Å². The number of hydrogen-bond acceptors (Lipinski definition) is 2. The highest BCUT2D eigenvalue weighted by atomic mass is 15.1. The number of benzene rings is 1. The number of imidazole rings is 1. The molecule has 0 fully saturated rings. The van der Waals surface area contributed by atoms with Crippen molar-refractivity contribution in [1.82, 2.24) is 9.55 Å². The number of rotatable bonds is 2. The van der Waals surface area contributed by atoms with Gasteiger partial charge in [0.25, 0.3) is 0 Å². The molecule has 0 saturated carbocycles. The molecule has 1 aromatic heterocycles. The van der Waals surface area contributed by atoms with Gasteiger partial charge in [-0.25, -0.2) is 4.98 Å². The Morgan fingerprint density at radius 2 is 1.67 bits per heavy atom. The van der Waals surface area contributed by atoms with Gasteiger partial charge < -0.3 is 10.3 Å². The summed E-state index contributed by atoms with van der Waals surface area (Å²) in [5.74, 6) is 1.02. The van der Waals surface area contributed by atoms with Crippen LogP contribution in [0.25, 0.3) is 11.4 Å². The minimum Gasteiger partial charge on any atom is -0.330 e. The van der Waals surface area contributed by atoms with Crippen LogP contribution >= 0.6 is 0 Å². The largest absolute Gasteiger partial charge is 0.330 e.